The summed E-state index contributed by atoms with van der Waals surface area (Å²) in [5, 5.41) is 7.45. The molecule has 1 aromatic heterocycles. The monoisotopic (exact) mass is 287 g/mol. The second-order valence-corrected chi connectivity index (χ2v) is 5.38. The first-order valence-corrected chi connectivity index (χ1v) is 7.26. The molecule has 0 radical (unpaired) electrons. The van der Waals surface area contributed by atoms with Crippen molar-refractivity contribution in [2.75, 3.05) is 19.8 Å². The number of benzene rings is 1. The van der Waals surface area contributed by atoms with E-state index < -0.39 is 0 Å². The third-order valence-electron chi connectivity index (χ3n) is 3.97. The van der Waals surface area contributed by atoms with Crippen LogP contribution >= 0.6 is 0 Å². The Labute approximate surface area is 122 Å². The molecule has 0 aliphatic carbocycles. The molecule has 2 aromatic rings. The fraction of sp³-hybridized carbons (Fsp3) is 0.467. The number of hydrogen-bond donors (Lipinski definition) is 1. The molecular weight excluding hydrogens is 270 g/mol. The Morgan fingerprint density at radius 1 is 1.29 bits per heavy atom. The zero-order valence-electron chi connectivity index (χ0n) is 11.8. The summed E-state index contributed by atoms with van der Waals surface area (Å²) in [5.41, 5.74) is 2.16. The number of hydrogen-bond acceptors (Lipinski definition) is 6. The molecule has 2 atom stereocenters. The van der Waals surface area contributed by atoms with Gasteiger partial charge >= 0.3 is 0 Å². The lowest BCUT2D eigenvalue weighted by Crippen LogP contribution is -2.40. The lowest BCUT2D eigenvalue weighted by Gasteiger charge is -2.27. The van der Waals surface area contributed by atoms with E-state index in [1.165, 1.54) is 5.56 Å². The van der Waals surface area contributed by atoms with Gasteiger partial charge in [0.2, 0.25) is 11.7 Å². The van der Waals surface area contributed by atoms with E-state index in [1.807, 2.05) is 19.1 Å². The van der Waals surface area contributed by atoms with Gasteiger partial charge in [-0.1, -0.05) is 5.16 Å². The second kappa shape index (κ2) is 5.13. The van der Waals surface area contributed by atoms with Gasteiger partial charge in [-0.15, -0.1) is 0 Å². The largest absolute Gasteiger partial charge is 0.493 e. The molecule has 0 bridgehead atoms. The van der Waals surface area contributed by atoms with E-state index in [9.17, 15) is 0 Å². The van der Waals surface area contributed by atoms with Crippen LogP contribution in [0, 0.1) is 0 Å². The first kappa shape index (κ1) is 12.8. The maximum atomic E-state index is 5.61. The summed E-state index contributed by atoms with van der Waals surface area (Å²) >= 11 is 0. The zero-order valence-corrected chi connectivity index (χ0v) is 11.8. The van der Waals surface area contributed by atoms with E-state index in [0.717, 1.165) is 30.9 Å². The summed E-state index contributed by atoms with van der Waals surface area (Å²) in [6, 6.07) is 5.97. The van der Waals surface area contributed by atoms with Crippen molar-refractivity contribution in [3.63, 3.8) is 0 Å². The fourth-order valence-electron chi connectivity index (χ4n) is 2.81. The van der Waals surface area contributed by atoms with E-state index in [4.69, 9.17) is 14.0 Å². The van der Waals surface area contributed by atoms with Gasteiger partial charge in [0, 0.05) is 18.5 Å². The van der Waals surface area contributed by atoms with Crippen molar-refractivity contribution in [2.45, 2.75) is 25.5 Å². The van der Waals surface area contributed by atoms with Crippen LogP contribution in [0.3, 0.4) is 0 Å². The molecule has 0 unspecified atom stereocenters. The maximum absolute atomic E-state index is 5.61. The third-order valence-corrected chi connectivity index (χ3v) is 3.97. The molecular formula is C15H17N3O3. The van der Waals surface area contributed by atoms with Crippen LogP contribution in [0.25, 0.3) is 11.4 Å². The zero-order chi connectivity index (χ0) is 14.2. The molecule has 21 heavy (non-hydrogen) atoms. The van der Waals surface area contributed by atoms with Gasteiger partial charge < -0.3 is 19.3 Å². The van der Waals surface area contributed by atoms with E-state index in [-0.39, 0.29) is 12.1 Å². The number of fused-ring (bicyclic) bond motifs is 1. The highest BCUT2D eigenvalue weighted by molar-refractivity contribution is 5.59. The highest BCUT2D eigenvalue weighted by atomic mass is 16.5. The summed E-state index contributed by atoms with van der Waals surface area (Å²) < 4.78 is 16.5. The average Bonchev–Trinajstić information content (AvgIpc) is 3.16. The second-order valence-electron chi connectivity index (χ2n) is 5.38. The van der Waals surface area contributed by atoms with Crippen LogP contribution in [0.1, 0.15) is 24.4 Å². The molecule has 1 fully saturated rings. The first-order valence-electron chi connectivity index (χ1n) is 7.26. The summed E-state index contributed by atoms with van der Waals surface area (Å²) in [6.45, 7) is 4.26. The van der Waals surface area contributed by atoms with E-state index >= 15 is 0 Å². The molecule has 2 aliphatic rings. The van der Waals surface area contributed by atoms with E-state index in [0.29, 0.717) is 18.3 Å². The molecule has 6 heteroatoms. The molecule has 0 saturated carbocycles. The van der Waals surface area contributed by atoms with Crippen LogP contribution in [0.4, 0.5) is 0 Å². The quantitative estimate of drug-likeness (QED) is 0.907. The molecule has 1 aromatic carbocycles. The van der Waals surface area contributed by atoms with Crippen LogP contribution in [0.5, 0.6) is 5.75 Å². The van der Waals surface area contributed by atoms with Gasteiger partial charge in [-0.3, -0.25) is 0 Å². The fourth-order valence-corrected chi connectivity index (χ4v) is 2.81. The molecule has 4 rings (SSSR count). The Bertz CT molecular complexity index is 655. The van der Waals surface area contributed by atoms with Crippen LogP contribution in [-0.4, -0.2) is 36.0 Å². The topological polar surface area (TPSA) is 69.4 Å². The average molecular weight is 287 g/mol. The standard InChI is InChI=1S/C15H17N3O3/c1-9-13(16-5-7-19-9)15-17-14(18-21-15)11-2-3-12-10(8-11)4-6-20-12/h2-3,8-9,13,16H,4-7H2,1H3/t9-,13+/m1/s1. The predicted molar refractivity (Wildman–Crippen MR) is 75.1 cm³/mol. The Balaban J connectivity index is 1.62. The van der Waals surface area contributed by atoms with E-state index in [1.54, 1.807) is 0 Å². The molecule has 1 N–H and O–H groups in total. The van der Waals surface area contributed by atoms with Crippen molar-refractivity contribution < 1.29 is 14.0 Å². The van der Waals surface area contributed by atoms with Gasteiger partial charge in [0.1, 0.15) is 11.8 Å². The van der Waals surface area contributed by atoms with Gasteiger partial charge in [0.05, 0.1) is 19.3 Å². The van der Waals surface area contributed by atoms with Gasteiger partial charge in [0.15, 0.2) is 0 Å². The molecule has 110 valence electrons. The molecule has 3 heterocycles. The molecule has 0 amide bonds. The maximum Gasteiger partial charge on any atom is 0.246 e. The third kappa shape index (κ3) is 2.30. The van der Waals surface area contributed by atoms with Gasteiger partial charge in [-0.25, -0.2) is 0 Å². The minimum Gasteiger partial charge on any atom is -0.493 e. The SMILES string of the molecule is C[C@H]1OCCN[C@@H]1c1nc(-c2ccc3c(c2)CCO3)no1. The van der Waals surface area contributed by atoms with Crippen LogP contribution in [0.15, 0.2) is 22.7 Å². The summed E-state index contributed by atoms with van der Waals surface area (Å²) in [7, 11) is 0. The molecule has 2 aliphatic heterocycles. The minimum absolute atomic E-state index is 0.0282. The summed E-state index contributed by atoms with van der Waals surface area (Å²) in [4.78, 5) is 4.52. The molecule has 1 saturated heterocycles. The van der Waals surface area contributed by atoms with Crippen molar-refractivity contribution in [1.82, 2.24) is 15.5 Å². The summed E-state index contributed by atoms with van der Waals surface area (Å²) in [5.74, 6) is 2.15. The van der Waals surface area contributed by atoms with Crippen LogP contribution < -0.4 is 10.1 Å². The highest BCUT2D eigenvalue weighted by Crippen LogP contribution is 2.30. The van der Waals surface area contributed by atoms with Crippen molar-refractivity contribution in [3.05, 3.63) is 29.7 Å². The van der Waals surface area contributed by atoms with Crippen molar-refractivity contribution in [2.24, 2.45) is 0 Å². The molecule has 0 spiro atoms. The minimum atomic E-state index is -0.0437. The number of rotatable bonds is 2. The Kier molecular flexibility index (Phi) is 3.12. The highest BCUT2D eigenvalue weighted by Gasteiger charge is 2.28. The number of nitrogens with one attached hydrogen (secondary N) is 1. The van der Waals surface area contributed by atoms with Crippen LogP contribution in [-0.2, 0) is 11.2 Å². The van der Waals surface area contributed by atoms with E-state index in [2.05, 4.69) is 21.5 Å². The number of nitrogens with zero attached hydrogens (tertiary/aromatic N) is 2. The lowest BCUT2D eigenvalue weighted by atomic mass is 10.1. The number of ether oxygens (including phenoxy) is 2. The Morgan fingerprint density at radius 2 is 2.24 bits per heavy atom. The van der Waals surface area contributed by atoms with Gasteiger partial charge in [0.25, 0.3) is 0 Å². The van der Waals surface area contributed by atoms with Crippen molar-refractivity contribution >= 4 is 0 Å². The van der Waals surface area contributed by atoms with Crippen LogP contribution in [0.2, 0.25) is 0 Å². The first-order chi connectivity index (χ1) is 10.3. The van der Waals surface area contributed by atoms with Gasteiger partial charge in [-0.05, 0) is 30.7 Å². The number of morpholine rings is 1. The van der Waals surface area contributed by atoms with Gasteiger partial charge in [-0.2, -0.15) is 4.98 Å². The smallest absolute Gasteiger partial charge is 0.246 e. The lowest BCUT2D eigenvalue weighted by molar-refractivity contribution is -0.00136. The Morgan fingerprint density at radius 3 is 3.14 bits per heavy atom. The van der Waals surface area contributed by atoms with Crippen molar-refractivity contribution in [1.29, 1.82) is 0 Å². The molecule has 6 nitrogen and oxygen atoms in total. The predicted octanol–water partition coefficient (Wildman–Crippen LogP) is 1.72. The normalized spacial score (nSPS) is 24.6. The van der Waals surface area contributed by atoms with Crippen molar-refractivity contribution in [3.8, 4) is 17.1 Å². The summed E-state index contributed by atoms with van der Waals surface area (Å²) in [6.07, 6.45) is 0.962. The number of aromatic nitrogens is 2. The Hall–Kier alpha value is -1.92.